The minimum Gasteiger partial charge on any atom is -0.497 e. The van der Waals surface area contributed by atoms with E-state index >= 15 is 0 Å². The van der Waals surface area contributed by atoms with Crippen molar-refractivity contribution in [2.24, 2.45) is 11.8 Å². The first-order chi connectivity index (χ1) is 8.81. The Labute approximate surface area is 114 Å². The van der Waals surface area contributed by atoms with E-state index in [9.17, 15) is 0 Å². The molecule has 2 rings (SSSR count). The first-order valence-electron chi connectivity index (χ1n) is 6.58. The van der Waals surface area contributed by atoms with Crippen LogP contribution in [0.5, 0.6) is 5.75 Å². The summed E-state index contributed by atoms with van der Waals surface area (Å²) in [4.78, 5) is 0. The number of halogens is 1. The summed E-state index contributed by atoms with van der Waals surface area (Å²) in [5.41, 5.74) is 1.29. The fourth-order valence-electron chi connectivity index (χ4n) is 1.94. The van der Waals surface area contributed by atoms with Crippen LogP contribution in [0.1, 0.15) is 18.4 Å². The highest BCUT2D eigenvalue weighted by Crippen LogP contribution is 2.29. The van der Waals surface area contributed by atoms with Gasteiger partial charge in [0.15, 0.2) is 0 Å². The van der Waals surface area contributed by atoms with Crippen molar-refractivity contribution in [1.29, 1.82) is 0 Å². The molecule has 1 unspecified atom stereocenters. The second kappa shape index (κ2) is 7.01. The molecule has 0 spiro atoms. The fraction of sp³-hybridized carbons (Fsp3) is 0.600. The molecule has 3 heteroatoms. The highest BCUT2D eigenvalue weighted by atomic mass is 35.5. The molecule has 0 saturated heterocycles. The third-order valence-electron chi connectivity index (χ3n) is 3.31. The fourth-order valence-corrected chi connectivity index (χ4v) is 2.14. The molecule has 0 bridgehead atoms. The first kappa shape index (κ1) is 13.7. The topological polar surface area (TPSA) is 18.5 Å². The minimum atomic E-state index is 0.402. The zero-order valence-corrected chi connectivity index (χ0v) is 11.7. The van der Waals surface area contributed by atoms with E-state index in [1.54, 1.807) is 7.11 Å². The summed E-state index contributed by atoms with van der Waals surface area (Å²) in [5, 5.41) is 0. The van der Waals surface area contributed by atoms with Crippen LogP contribution in [0.25, 0.3) is 0 Å². The van der Waals surface area contributed by atoms with Gasteiger partial charge in [-0.05, 0) is 48.8 Å². The van der Waals surface area contributed by atoms with E-state index in [0.717, 1.165) is 31.3 Å². The van der Waals surface area contributed by atoms with Crippen molar-refractivity contribution in [3.8, 4) is 5.75 Å². The summed E-state index contributed by atoms with van der Waals surface area (Å²) in [5.74, 6) is 2.77. The lowest BCUT2D eigenvalue weighted by Gasteiger charge is -2.14. The molecule has 1 aromatic rings. The summed E-state index contributed by atoms with van der Waals surface area (Å²) in [6, 6.07) is 8.18. The second-order valence-corrected chi connectivity index (χ2v) is 5.36. The van der Waals surface area contributed by atoms with Crippen LogP contribution in [0.15, 0.2) is 24.3 Å². The van der Waals surface area contributed by atoms with E-state index in [1.165, 1.54) is 18.4 Å². The molecule has 0 amide bonds. The molecule has 1 atom stereocenters. The Balaban J connectivity index is 1.76. The van der Waals surface area contributed by atoms with Gasteiger partial charge in [0.25, 0.3) is 0 Å². The Hall–Kier alpha value is -0.730. The van der Waals surface area contributed by atoms with Gasteiger partial charge in [0.05, 0.1) is 13.7 Å². The molecule has 0 radical (unpaired) electrons. The van der Waals surface area contributed by atoms with Crippen LogP contribution in [-0.4, -0.2) is 26.2 Å². The van der Waals surface area contributed by atoms with Crippen LogP contribution in [0.2, 0.25) is 0 Å². The molecule has 1 aromatic carbocycles. The number of hydrogen-bond donors (Lipinski definition) is 0. The van der Waals surface area contributed by atoms with Gasteiger partial charge < -0.3 is 9.47 Å². The zero-order chi connectivity index (χ0) is 12.8. The van der Waals surface area contributed by atoms with Gasteiger partial charge in [0.1, 0.15) is 5.75 Å². The highest BCUT2D eigenvalue weighted by Gasteiger charge is 2.21. The standard InChI is InChI=1S/C15H21ClO2/c1-17-15-6-4-12(5-7-15)8-14(9-16)11-18-10-13-2-3-13/h4-7,13-14H,2-3,8-11H2,1H3. The first-order valence-corrected chi connectivity index (χ1v) is 7.12. The summed E-state index contributed by atoms with van der Waals surface area (Å²) in [7, 11) is 1.68. The third-order valence-corrected chi connectivity index (χ3v) is 3.74. The number of alkyl halides is 1. The summed E-state index contributed by atoms with van der Waals surface area (Å²) < 4.78 is 10.9. The minimum absolute atomic E-state index is 0.402. The van der Waals surface area contributed by atoms with Gasteiger partial charge >= 0.3 is 0 Å². The lowest BCUT2D eigenvalue weighted by atomic mass is 10.0. The van der Waals surface area contributed by atoms with Crippen molar-refractivity contribution in [2.75, 3.05) is 26.2 Å². The smallest absolute Gasteiger partial charge is 0.118 e. The molecule has 0 aliphatic heterocycles. The van der Waals surface area contributed by atoms with E-state index in [-0.39, 0.29) is 0 Å². The number of methoxy groups -OCH3 is 1. The van der Waals surface area contributed by atoms with E-state index < -0.39 is 0 Å². The Kier molecular flexibility index (Phi) is 5.33. The SMILES string of the molecule is COc1ccc(CC(CCl)COCC2CC2)cc1. The Morgan fingerprint density at radius 1 is 1.28 bits per heavy atom. The zero-order valence-electron chi connectivity index (χ0n) is 10.9. The Morgan fingerprint density at radius 3 is 2.56 bits per heavy atom. The molecule has 1 saturated carbocycles. The molecule has 1 fully saturated rings. The third kappa shape index (κ3) is 4.51. The molecule has 2 nitrogen and oxygen atoms in total. The number of hydrogen-bond acceptors (Lipinski definition) is 2. The van der Waals surface area contributed by atoms with Crippen LogP contribution in [-0.2, 0) is 11.2 Å². The van der Waals surface area contributed by atoms with Gasteiger partial charge in [-0.1, -0.05) is 12.1 Å². The van der Waals surface area contributed by atoms with Gasteiger partial charge in [0, 0.05) is 12.5 Å². The Morgan fingerprint density at radius 2 is 2.00 bits per heavy atom. The van der Waals surface area contributed by atoms with Gasteiger partial charge in [-0.15, -0.1) is 11.6 Å². The summed E-state index contributed by atoms with van der Waals surface area (Å²) in [6.45, 7) is 1.68. The second-order valence-electron chi connectivity index (χ2n) is 5.05. The van der Waals surface area contributed by atoms with Crippen molar-refractivity contribution in [1.82, 2.24) is 0 Å². The molecule has 18 heavy (non-hydrogen) atoms. The predicted molar refractivity (Wildman–Crippen MR) is 74.5 cm³/mol. The van der Waals surface area contributed by atoms with Crippen LogP contribution in [0.4, 0.5) is 0 Å². The number of benzene rings is 1. The van der Waals surface area contributed by atoms with E-state index in [1.807, 2.05) is 12.1 Å². The average Bonchev–Trinajstić information content (AvgIpc) is 3.22. The van der Waals surface area contributed by atoms with Gasteiger partial charge in [-0.2, -0.15) is 0 Å². The summed E-state index contributed by atoms with van der Waals surface area (Å²) in [6.07, 6.45) is 3.65. The van der Waals surface area contributed by atoms with Crippen LogP contribution < -0.4 is 4.74 Å². The molecule has 0 N–H and O–H groups in total. The van der Waals surface area contributed by atoms with Crippen LogP contribution >= 0.6 is 11.6 Å². The number of ether oxygens (including phenoxy) is 2. The maximum Gasteiger partial charge on any atom is 0.118 e. The lowest BCUT2D eigenvalue weighted by Crippen LogP contribution is -2.15. The largest absolute Gasteiger partial charge is 0.497 e. The van der Waals surface area contributed by atoms with Crippen molar-refractivity contribution in [3.63, 3.8) is 0 Å². The van der Waals surface area contributed by atoms with Gasteiger partial charge in [0.2, 0.25) is 0 Å². The predicted octanol–water partition coefficient (Wildman–Crippen LogP) is 3.52. The maximum absolute atomic E-state index is 6.00. The van der Waals surface area contributed by atoms with Crippen molar-refractivity contribution < 1.29 is 9.47 Å². The molecule has 0 heterocycles. The quantitative estimate of drug-likeness (QED) is 0.672. The van der Waals surface area contributed by atoms with Crippen molar-refractivity contribution >= 4 is 11.6 Å². The van der Waals surface area contributed by atoms with Crippen LogP contribution in [0.3, 0.4) is 0 Å². The lowest BCUT2D eigenvalue weighted by molar-refractivity contribution is 0.0972. The molecule has 1 aliphatic carbocycles. The van der Waals surface area contributed by atoms with E-state index in [2.05, 4.69) is 12.1 Å². The molecule has 100 valence electrons. The number of rotatable bonds is 8. The van der Waals surface area contributed by atoms with Crippen molar-refractivity contribution in [3.05, 3.63) is 29.8 Å². The summed E-state index contributed by atoms with van der Waals surface area (Å²) >= 11 is 6.00. The Bertz CT molecular complexity index is 346. The molecular weight excluding hydrogens is 248 g/mol. The highest BCUT2D eigenvalue weighted by molar-refractivity contribution is 6.18. The molecule has 1 aliphatic rings. The van der Waals surface area contributed by atoms with Crippen LogP contribution in [0, 0.1) is 11.8 Å². The molecule has 0 aromatic heterocycles. The van der Waals surface area contributed by atoms with Gasteiger partial charge in [-0.25, -0.2) is 0 Å². The van der Waals surface area contributed by atoms with Gasteiger partial charge in [-0.3, -0.25) is 0 Å². The van der Waals surface area contributed by atoms with E-state index in [0.29, 0.717) is 11.8 Å². The average molecular weight is 269 g/mol. The normalized spacial score (nSPS) is 16.6. The van der Waals surface area contributed by atoms with Crippen molar-refractivity contribution in [2.45, 2.75) is 19.3 Å². The molecular formula is C15H21ClO2. The monoisotopic (exact) mass is 268 g/mol. The maximum atomic E-state index is 6.00. The van der Waals surface area contributed by atoms with E-state index in [4.69, 9.17) is 21.1 Å².